The molecule has 0 fully saturated rings. The Morgan fingerprint density at radius 3 is 2.65 bits per heavy atom. The topological polar surface area (TPSA) is 50.9 Å². The fraction of sp³-hybridized carbons (Fsp3) is 0.375. The van der Waals surface area contributed by atoms with Gasteiger partial charge >= 0.3 is 0 Å². The fourth-order valence-electron chi connectivity index (χ4n) is 2.26. The Morgan fingerprint density at radius 1 is 1.30 bits per heavy atom. The minimum atomic E-state index is 0.385. The molecule has 0 spiro atoms. The van der Waals surface area contributed by atoms with Gasteiger partial charge in [-0.25, -0.2) is 4.98 Å². The van der Waals surface area contributed by atoms with E-state index in [1.807, 2.05) is 30.3 Å². The van der Waals surface area contributed by atoms with E-state index in [9.17, 15) is 0 Å². The molecule has 4 heteroatoms. The number of nitrogens with one attached hydrogen (secondary N) is 1. The summed E-state index contributed by atoms with van der Waals surface area (Å²) in [6.07, 6.45) is 2.30. The predicted octanol–water partition coefficient (Wildman–Crippen LogP) is 3.72. The van der Waals surface area contributed by atoms with Gasteiger partial charge < -0.3 is 11.1 Å². The van der Waals surface area contributed by atoms with Crippen molar-refractivity contribution >= 4 is 33.9 Å². The monoisotopic (exact) mass is 287 g/mol. The molecular formula is C16H21N3S. The van der Waals surface area contributed by atoms with Crippen molar-refractivity contribution in [2.45, 2.75) is 26.7 Å². The standard InChI is InChI=1S/C16H21N3S/c1-3-11(4-2)10-18-16-13(15(17)20)9-12-7-5-6-8-14(12)19-16/h5-9,11H,3-4,10H2,1-2H3,(H2,17,20)(H,18,19). The molecule has 1 heterocycles. The molecule has 0 unspecified atom stereocenters. The van der Waals surface area contributed by atoms with Gasteiger partial charge in [0.1, 0.15) is 10.8 Å². The minimum absolute atomic E-state index is 0.385. The van der Waals surface area contributed by atoms with Crippen molar-refractivity contribution in [1.29, 1.82) is 0 Å². The van der Waals surface area contributed by atoms with Gasteiger partial charge in [0.25, 0.3) is 0 Å². The quantitative estimate of drug-likeness (QED) is 0.795. The third-order valence-corrected chi connectivity index (χ3v) is 3.92. The number of anilines is 1. The summed E-state index contributed by atoms with van der Waals surface area (Å²) in [6.45, 7) is 5.31. The Hall–Kier alpha value is -1.68. The van der Waals surface area contributed by atoms with Crippen LogP contribution in [0.3, 0.4) is 0 Å². The van der Waals surface area contributed by atoms with Crippen LogP contribution in [-0.2, 0) is 0 Å². The molecule has 106 valence electrons. The highest BCUT2D eigenvalue weighted by Crippen LogP contribution is 2.21. The number of nitrogens with zero attached hydrogens (tertiary/aromatic N) is 1. The molecular weight excluding hydrogens is 266 g/mol. The van der Waals surface area contributed by atoms with Crippen molar-refractivity contribution in [2.75, 3.05) is 11.9 Å². The molecule has 3 N–H and O–H groups in total. The SMILES string of the molecule is CCC(CC)CNc1nc2ccccc2cc1C(N)=S. The Morgan fingerprint density at radius 2 is 2.00 bits per heavy atom. The molecule has 2 rings (SSSR count). The van der Waals surface area contributed by atoms with E-state index in [0.29, 0.717) is 10.9 Å². The van der Waals surface area contributed by atoms with Gasteiger partial charge in [-0.1, -0.05) is 57.1 Å². The van der Waals surface area contributed by atoms with Crippen LogP contribution in [0, 0.1) is 5.92 Å². The maximum Gasteiger partial charge on any atom is 0.136 e. The summed E-state index contributed by atoms with van der Waals surface area (Å²) in [5.74, 6) is 1.44. The second kappa shape index (κ2) is 6.66. The summed E-state index contributed by atoms with van der Waals surface area (Å²) in [5.41, 5.74) is 7.61. The molecule has 0 amide bonds. The van der Waals surface area contributed by atoms with E-state index in [1.54, 1.807) is 0 Å². The Balaban J connectivity index is 2.34. The van der Waals surface area contributed by atoms with Crippen LogP contribution in [0.1, 0.15) is 32.3 Å². The van der Waals surface area contributed by atoms with Crippen LogP contribution >= 0.6 is 12.2 Å². The average Bonchev–Trinajstić information content (AvgIpc) is 2.47. The second-order valence-corrected chi connectivity index (χ2v) is 5.44. The number of rotatable bonds is 6. The first kappa shape index (κ1) is 14.7. The molecule has 0 radical (unpaired) electrons. The lowest BCUT2D eigenvalue weighted by atomic mass is 10.0. The van der Waals surface area contributed by atoms with Gasteiger partial charge in [-0.05, 0) is 18.1 Å². The van der Waals surface area contributed by atoms with E-state index < -0.39 is 0 Å². The van der Waals surface area contributed by atoms with E-state index in [1.165, 1.54) is 0 Å². The van der Waals surface area contributed by atoms with Crippen LogP contribution < -0.4 is 11.1 Å². The zero-order chi connectivity index (χ0) is 14.5. The average molecular weight is 287 g/mol. The lowest BCUT2D eigenvalue weighted by molar-refractivity contribution is 0.518. The van der Waals surface area contributed by atoms with Crippen LogP contribution in [0.15, 0.2) is 30.3 Å². The third-order valence-electron chi connectivity index (χ3n) is 3.70. The van der Waals surface area contributed by atoms with E-state index in [-0.39, 0.29) is 0 Å². The van der Waals surface area contributed by atoms with Gasteiger partial charge in [-0.2, -0.15) is 0 Å². The highest BCUT2D eigenvalue weighted by Gasteiger charge is 2.11. The lowest BCUT2D eigenvalue weighted by Gasteiger charge is -2.16. The van der Waals surface area contributed by atoms with Crippen molar-refractivity contribution in [3.05, 3.63) is 35.9 Å². The van der Waals surface area contributed by atoms with Crippen molar-refractivity contribution in [2.24, 2.45) is 11.7 Å². The third kappa shape index (κ3) is 3.25. The lowest BCUT2D eigenvalue weighted by Crippen LogP contribution is -2.18. The van der Waals surface area contributed by atoms with Crippen LogP contribution in [0.25, 0.3) is 10.9 Å². The highest BCUT2D eigenvalue weighted by molar-refractivity contribution is 7.80. The number of benzene rings is 1. The summed E-state index contributed by atoms with van der Waals surface area (Å²) in [4.78, 5) is 5.04. The first-order valence-corrected chi connectivity index (χ1v) is 7.50. The Labute approximate surface area is 125 Å². The highest BCUT2D eigenvalue weighted by atomic mass is 32.1. The maximum atomic E-state index is 5.83. The molecule has 0 atom stereocenters. The number of para-hydroxylation sites is 1. The molecule has 0 aliphatic carbocycles. The zero-order valence-electron chi connectivity index (χ0n) is 12.0. The number of pyridine rings is 1. The molecule has 20 heavy (non-hydrogen) atoms. The summed E-state index contributed by atoms with van der Waals surface area (Å²) < 4.78 is 0. The number of hydrogen-bond donors (Lipinski definition) is 2. The number of hydrogen-bond acceptors (Lipinski definition) is 3. The molecule has 0 saturated heterocycles. The summed E-state index contributed by atoms with van der Waals surface area (Å²) in [6, 6.07) is 10.0. The number of nitrogens with two attached hydrogens (primary N) is 1. The zero-order valence-corrected chi connectivity index (χ0v) is 12.8. The Bertz CT molecular complexity index is 606. The molecule has 1 aromatic carbocycles. The predicted molar refractivity (Wildman–Crippen MR) is 90.2 cm³/mol. The van der Waals surface area contributed by atoms with Crippen molar-refractivity contribution in [1.82, 2.24) is 4.98 Å². The van der Waals surface area contributed by atoms with Gasteiger partial charge in [0.15, 0.2) is 0 Å². The summed E-state index contributed by atoms with van der Waals surface area (Å²) in [5, 5.41) is 4.47. The van der Waals surface area contributed by atoms with Crippen molar-refractivity contribution in [3.8, 4) is 0 Å². The molecule has 2 aromatic rings. The first-order chi connectivity index (χ1) is 9.65. The first-order valence-electron chi connectivity index (χ1n) is 7.09. The van der Waals surface area contributed by atoms with Gasteiger partial charge in [0, 0.05) is 11.9 Å². The fourth-order valence-corrected chi connectivity index (χ4v) is 2.41. The molecule has 0 aliphatic heterocycles. The summed E-state index contributed by atoms with van der Waals surface area (Å²) >= 11 is 5.15. The molecule has 0 bridgehead atoms. The smallest absolute Gasteiger partial charge is 0.136 e. The van der Waals surface area contributed by atoms with Gasteiger partial charge in [-0.3, -0.25) is 0 Å². The normalized spacial score (nSPS) is 10.9. The van der Waals surface area contributed by atoms with E-state index in [0.717, 1.165) is 41.7 Å². The van der Waals surface area contributed by atoms with Crippen molar-refractivity contribution in [3.63, 3.8) is 0 Å². The number of thiocarbonyl (C=S) groups is 1. The van der Waals surface area contributed by atoms with Gasteiger partial charge in [0.05, 0.1) is 11.1 Å². The van der Waals surface area contributed by atoms with Crippen LogP contribution in [0.5, 0.6) is 0 Å². The number of aromatic nitrogens is 1. The molecule has 0 aliphatic rings. The largest absolute Gasteiger partial charge is 0.389 e. The molecule has 1 aromatic heterocycles. The van der Waals surface area contributed by atoms with E-state index in [4.69, 9.17) is 18.0 Å². The second-order valence-electron chi connectivity index (χ2n) is 5.00. The van der Waals surface area contributed by atoms with Crippen molar-refractivity contribution < 1.29 is 0 Å². The maximum absolute atomic E-state index is 5.83. The van der Waals surface area contributed by atoms with Gasteiger partial charge in [0.2, 0.25) is 0 Å². The van der Waals surface area contributed by atoms with Crippen LogP contribution in [-0.4, -0.2) is 16.5 Å². The van der Waals surface area contributed by atoms with Crippen LogP contribution in [0.2, 0.25) is 0 Å². The van der Waals surface area contributed by atoms with E-state index in [2.05, 4.69) is 24.1 Å². The number of fused-ring (bicyclic) bond motifs is 1. The molecule has 3 nitrogen and oxygen atoms in total. The van der Waals surface area contributed by atoms with Crippen LogP contribution in [0.4, 0.5) is 5.82 Å². The minimum Gasteiger partial charge on any atom is -0.389 e. The van der Waals surface area contributed by atoms with E-state index >= 15 is 0 Å². The molecule has 0 saturated carbocycles. The van der Waals surface area contributed by atoms with Gasteiger partial charge in [-0.15, -0.1) is 0 Å². The Kier molecular flexibility index (Phi) is 4.90. The summed E-state index contributed by atoms with van der Waals surface area (Å²) in [7, 11) is 0.